The minimum atomic E-state index is 0.0218. The fourth-order valence-electron chi connectivity index (χ4n) is 4.35. The third-order valence-corrected chi connectivity index (χ3v) is 7.41. The smallest absolute Gasteiger partial charge is 0.188 e. The number of carbonyl (C=O) groups is 1. The van der Waals surface area contributed by atoms with E-state index in [4.69, 9.17) is 23.7 Å². The number of ketones is 1. The Balaban J connectivity index is 1.65. The van der Waals surface area contributed by atoms with E-state index in [1.165, 1.54) is 0 Å². The van der Waals surface area contributed by atoms with Gasteiger partial charge in [0.2, 0.25) is 0 Å². The van der Waals surface area contributed by atoms with E-state index in [2.05, 4.69) is 42.8 Å². The van der Waals surface area contributed by atoms with Gasteiger partial charge >= 0.3 is 0 Å². The molecule has 9 heteroatoms. The van der Waals surface area contributed by atoms with E-state index in [0.717, 1.165) is 31.4 Å². The van der Waals surface area contributed by atoms with E-state index < -0.39 is 0 Å². The van der Waals surface area contributed by atoms with Crippen molar-refractivity contribution in [3.63, 3.8) is 0 Å². The molecular weight excluding hydrogens is 642 g/mol. The summed E-state index contributed by atoms with van der Waals surface area (Å²) >= 11 is 7.12. The first-order chi connectivity index (χ1) is 19.4. The minimum Gasteiger partial charge on any atom is -0.497 e. The molecule has 3 aromatic carbocycles. The summed E-state index contributed by atoms with van der Waals surface area (Å²) in [5.41, 5.74) is 4.31. The highest BCUT2D eigenvalue weighted by molar-refractivity contribution is 9.10. The van der Waals surface area contributed by atoms with Crippen molar-refractivity contribution >= 4 is 49.8 Å². The summed E-state index contributed by atoms with van der Waals surface area (Å²) in [7, 11) is 4.81. The van der Waals surface area contributed by atoms with Crippen molar-refractivity contribution in [3.05, 3.63) is 97.4 Å². The molecule has 40 heavy (non-hydrogen) atoms. The Morgan fingerprint density at radius 2 is 1.32 bits per heavy atom. The zero-order chi connectivity index (χ0) is 28.5. The second-order valence-electron chi connectivity index (χ2n) is 9.15. The quantitative estimate of drug-likeness (QED) is 0.165. The molecule has 0 N–H and O–H groups in total. The van der Waals surface area contributed by atoms with Crippen molar-refractivity contribution in [1.82, 2.24) is 4.90 Å². The molecule has 1 aliphatic heterocycles. The lowest BCUT2D eigenvalue weighted by atomic mass is 9.94. The SMILES string of the molecule is COCOc1ccc(/C=C2\CN(Cc3cccc(OC)c3)C/C(=C\c3ccc(OCOC)c(Br)c3)C2=O)cc1Br. The average Bonchev–Trinajstić information content (AvgIpc) is 2.94. The molecule has 0 atom stereocenters. The number of methoxy groups -OCH3 is 3. The molecule has 0 unspecified atom stereocenters. The van der Waals surface area contributed by atoms with Crippen molar-refractivity contribution in [2.75, 3.05) is 48.0 Å². The van der Waals surface area contributed by atoms with Crippen LogP contribution in [-0.2, 0) is 20.8 Å². The summed E-state index contributed by atoms with van der Waals surface area (Å²) in [5.74, 6) is 2.16. The molecule has 4 rings (SSSR count). The van der Waals surface area contributed by atoms with Gasteiger partial charge in [-0.05, 0) is 97.1 Å². The number of hydrogen-bond acceptors (Lipinski definition) is 7. The number of rotatable bonds is 11. The number of piperidine rings is 1. The number of nitrogens with zero attached hydrogens (tertiary/aromatic N) is 1. The molecule has 0 bridgehead atoms. The molecule has 1 aliphatic rings. The number of hydrogen-bond donors (Lipinski definition) is 0. The molecule has 0 radical (unpaired) electrons. The van der Waals surface area contributed by atoms with E-state index in [0.29, 0.717) is 42.3 Å². The number of ether oxygens (including phenoxy) is 5. The topological polar surface area (TPSA) is 66.5 Å². The van der Waals surface area contributed by atoms with Gasteiger partial charge in [0.05, 0.1) is 16.1 Å². The van der Waals surface area contributed by atoms with Gasteiger partial charge in [0.1, 0.15) is 17.2 Å². The number of Topliss-reactive ketones (excluding diaryl/α,β-unsaturated/α-hetero) is 1. The summed E-state index contributed by atoms with van der Waals surface area (Å²) in [6, 6.07) is 19.4. The van der Waals surface area contributed by atoms with Gasteiger partial charge in [-0.25, -0.2) is 0 Å². The normalized spacial score (nSPS) is 16.0. The fourth-order valence-corrected chi connectivity index (χ4v) is 5.37. The second-order valence-corrected chi connectivity index (χ2v) is 10.9. The van der Waals surface area contributed by atoms with E-state index in [1.54, 1.807) is 21.3 Å². The number of halogens is 2. The largest absolute Gasteiger partial charge is 0.497 e. The summed E-state index contributed by atoms with van der Waals surface area (Å²) in [4.78, 5) is 16.0. The molecule has 0 aromatic heterocycles. The molecule has 3 aromatic rings. The van der Waals surface area contributed by atoms with E-state index in [1.807, 2.05) is 66.7 Å². The number of benzene rings is 3. The standard InChI is InChI=1S/C31H31Br2NO6/c1-36-19-39-29-9-7-21(14-27(29)32)11-24-17-34(16-23-5-4-6-26(13-23)38-3)18-25(31(24)35)12-22-8-10-30(28(33)15-22)40-20-37-2/h4-15H,16-20H2,1-3H3/b24-11+,25-12+. The molecule has 1 heterocycles. The molecule has 1 fully saturated rings. The van der Waals surface area contributed by atoms with Crippen LogP contribution in [-0.4, -0.2) is 58.7 Å². The molecule has 0 spiro atoms. The molecule has 0 aliphatic carbocycles. The predicted molar refractivity (Wildman–Crippen MR) is 163 cm³/mol. The van der Waals surface area contributed by atoms with Crippen LogP contribution in [0.25, 0.3) is 12.2 Å². The summed E-state index contributed by atoms with van der Waals surface area (Å²) in [5, 5.41) is 0. The van der Waals surface area contributed by atoms with E-state index >= 15 is 0 Å². The van der Waals surface area contributed by atoms with Crippen LogP contribution in [0.4, 0.5) is 0 Å². The van der Waals surface area contributed by atoms with Gasteiger partial charge in [-0.1, -0.05) is 24.3 Å². The highest BCUT2D eigenvalue weighted by Gasteiger charge is 2.26. The van der Waals surface area contributed by atoms with Gasteiger partial charge in [0, 0.05) is 45.0 Å². The summed E-state index contributed by atoms with van der Waals surface area (Å²) in [6.07, 6.45) is 3.88. The lowest BCUT2D eigenvalue weighted by molar-refractivity contribution is -0.113. The van der Waals surface area contributed by atoms with Crippen molar-refractivity contribution in [3.8, 4) is 17.2 Å². The minimum absolute atomic E-state index is 0.0218. The van der Waals surface area contributed by atoms with Gasteiger partial charge in [-0.2, -0.15) is 0 Å². The van der Waals surface area contributed by atoms with Crippen LogP contribution < -0.4 is 14.2 Å². The molecule has 0 saturated carbocycles. The lowest BCUT2D eigenvalue weighted by Crippen LogP contribution is -2.37. The van der Waals surface area contributed by atoms with Crippen LogP contribution in [0.3, 0.4) is 0 Å². The highest BCUT2D eigenvalue weighted by Crippen LogP contribution is 2.31. The summed E-state index contributed by atoms with van der Waals surface area (Å²) < 4.78 is 28.1. The number of likely N-dealkylation sites (tertiary alicyclic amines) is 1. The molecule has 1 saturated heterocycles. The monoisotopic (exact) mass is 671 g/mol. The van der Waals surface area contributed by atoms with Crippen molar-refractivity contribution < 1.29 is 28.5 Å². The molecular formula is C31H31Br2NO6. The van der Waals surface area contributed by atoms with E-state index in [-0.39, 0.29) is 19.4 Å². The Labute approximate surface area is 251 Å². The van der Waals surface area contributed by atoms with Gasteiger partial charge in [0.25, 0.3) is 0 Å². The third kappa shape index (κ3) is 8.05. The first kappa shape index (κ1) is 30.0. The number of carbonyl (C=O) groups excluding carboxylic acids is 1. The predicted octanol–water partition coefficient (Wildman–Crippen LogP) is 6.74. The maximum atomic E-state index is 13.7. The Morgan fingerprint density at radius 3 is 1.80 bits per heavy atom. The first-order valence-corrected chi connectivity index (χ1v) is 14.1. The molecule has 0 amide bonds. The van der Waals surface area contributed by atoms with Crippen molar-refractivity contribution in [2.45, 2.75) is 6.54 Å². The van der Waals surface area contributed by atoms with Crippen LogP contribution in [0, 0.1) is 0 Å². The lowest BCUT2D eigenvalue weighted by Gasteiger charge is -2.30. The zero-order valence-electron chi connectivity index (χ0n) is 22.6. The Morgan fingerprint density at radius 1 is 0.775 bits per heavy atom. The van der Waals surface area contributed by atoms with Gasteiger partial charge in [0.15, 0.2) is 19.4 Å². The van der Waals surface area contributed by atoms with Gasteiger partial charge in [-0.3, -0.25) is 9.69 Å². The van der Waals surface area contributed by atoms with Crippen LogP contribution >= 0.6 is 31.9 Å². The van der Waals surface area contributed by atoms with Crippen LogP contribution in [0.2, 0.25) is 0 Å². The fraction of sp³-hybridized carbons (Fsp3) is 0.258. The summed E-state index contributed by atoms with van der Waals surface area (Å²) in [6.45, 7) is 2.00. The maximum Gasteiger partial charge on any atom is 0.188 e. The van der Waals surface area contributed by atoms with Crippen molar-refractivity contribution in [2.24, 2.45) is 0 Å². The van der Waals surface area contributed by atoms with E-state index in [9.17, 15) is 4.79 Å². The Kier molecular flexibility index (Phi) is 11.0. The third-order valence-electron chi connectivity index (χ3n) is 6.17. The van der Waals surface area contributed by atoms with Crippen LogP contribution in [0.15, 0.2) is 80.8 Å². The average molecular weight is 673 g/mol. The highest BCUT2D eigenvalue weighted by atomic mass is 79.9. The van der Waals surface area contributed by atoms with Crippen LogP contribution in [0.1, 0.15) is 16.7 Å². The maximum absolute atomic E-state index is 13.7. The molecule has 210 valence electrons. The first-order valence-electron chi connectivity index (χ1n) is 12.5. The zero-order valence-corrected chi connectivity index (χ0v) is 25.8. The second kappa shape index (κ2) is 14.6. The Hall–Kier alpha value is -2.95. The van der Waals surface area contributed by atoms with Crippen molar-refractivity contribution in [1.29, 1.82) is 0 Å². The van der Waals surface area contributed by atoms with Gasteiger partial charge < -0.3 is 23.7 Å². The van der Waals surface area contributed by atoms with Gasteiger partial charge in [-0.15, -0.1) is 0 Å². The Bertz CT molecular complexity index is 1320. The molecule has 7 nitrogen and oxygen atoms in total. The van der Waals surface area contributed by atoms with Crippen LogP contribution in [0.5, 0.6) is 17.2 Å².